The number of alkyl halides is 5. The summed E-state index contributed by atoms with van der Waals surface area (Å²) in [7, 11) is 0. The third-order valence-corrected chi connectivity index (χ3v) is 7.98. The molecule has 0 aromatic heterocycles. The molecule has 2 aliphatic rings. The van der Waals surface area contributed by atoms with Gasteiger partial charge in [-0.3, -0.25) is 10.1 Å². The normalized spacial score (nSPS) is 47.7. The van der Waals surface area contributed by atoms with Crippen LogP contribution in [0.3, 0.4) is 0 Å². The van der Waals surface area contributed by atoms with E-state index in [9.17, 15) is 10.1 Å². The van der Waals surface area contributed by atoms with Crippen molar-refractivity contribution in [3.63, 3.8) is 0 Å². The molecule has 0 N–H and O–H groups in total. The first-order valence-corrected chi connectivity index (χ1v) is 6.76. The maximum Gasteiger partial charge on any atom is 0.324 e. The maximum absolute atomic E-state index is 11.1. The fraction of sp³-hybridized carbons (Fsp3) is 0.714. The lowest BCUT2D eigenvalue weighted by molar-refractivity contribution is -0.544. The molecular formula is C7H2Cl7NO2. The van der Waals surface area contributed by atoms with Crippen molar-refractivity contribution in [2.75, 3.05) is 0 Å². The van der Waals surface area contributed by atoms with E-state index in [-0.39, 0.29) is 10.1 Å². The Morgan fingerprint density at radius 2 is 1.53 bits per heavy atom. The van der Waals surface area contributed by atoms with Gasteiger partial charge in [-0.2, -0.15) is 0 Å². The van der Waals surface area contributed by atoms with Gasteiger partial charge in [-0.25, -0.2) is 0 Å². The average molecular weight is 380 g/mol. The molecule has 96 valence electrons. The van der Waals surface area contributed by atoms with E-state index in [0.717, 1.165) is 0 Å². The summed E-state index contributed by atoms with van der Waals surface area (Å²) in [5.74, 6) is 0. The number of fused-ring (bicyclic) bond motifs is 2. The van der Waals surface area contributed by atoms with Gasteiger partial charge in [-0.15, -0.1) is 23.2 Å². The second-order valence-corrected chi connectivity index (χ2v) is 7.78. The Kier molecular flexibility index (Phi) is 3.11. The summed E-state index contributed by atoms with van der Waals surface area (Å²) in [5.41, 5.74) is 0. The predicted octanol–water partition coefficient (Wildman–Crippen LogP) is 4.43. The SMILES string of the molecule is O=[N+]([O-])[C@]1(Cl)C[C@]2(Cl)C(Cl)=C(Cl)[C@@]1(Cl)C2(Cl)Cl. The van der Waals surface area contributed by atoms with Gasteiger partial charge in [0.2, 0.25) is 4.87 Å². The molecule has 0 unspecified atom stereocenters. The number of halogens is 7. The van der Waals surface area contributed by atoms with Crippen LogP contribution in [0.25, 0.3) is 0 Å². The summed E-state index contributed by atoms with van der Waals surface area (Å²) >= 11 is 42.0. The van der Waals surface area contributed by atoms with Crippen molar-refractivity contribution >= 4 is 81.2 Å². The first-order chi connectivity index (χ1) is 7.47. The fourth-order valence-corrected chi connectivity index (χ4v) is 5.55. The van der Waals surface area contributed by atoms with Crippen molar-refractivity contribution in [2.45, 2.75) is 25.5 Å². The Labute approximate surface area is 131 Å². The molecule has 1 fully saturated rings. The van der Waals surface area contributed by atoms with E-state index in [2.05, 4.69) is 0 Å². The van der Waals surface area contributed by atoms with Crippen LogP contribution in [0.2, 0.25) is 0 Å². The van der Waals surface area contributed by atoms with Crippen LogP contribution in [0, 0.1) is 10.1 Å². The number of hydrogen-bond acceptors (Lipinski definition) is 2. The predicted molar refractivity (Wildman–Crippen MR) is 70.5 cm³/mol. The first-order valence-electron chi connectivity index (χ1n) is 4.12. The minimum atomic E-state index is -2.21. The molecule has 3 atom stereocenters. The van der Waals surface area contributed by atoms with Gasteiger partial charge in [-0.05, 0) is 11.6 Å². The van der Waals surface area contributed by atoms with Crippen molar-refractivity contribution in [3.05, 3.63) is 20.2 Å². The Morgan fingerprint density at radius 3 is 1.82 bits per heavy atom. The van der Waals surface area contributed by atoms with Crippen LogP contribution in [-0.4, -0.2) is 24.0 Å². The van der Waals surface area contributed by atoms with Gasteiger partial charge < -0.3 is 0 Å². The third-order valence-electron chi connectivity index (χ3n) is 3.07. The molecule has 2 bridgehead atoms. The molecule has 0 aromatic rings. The molecule has 0 heterocycles. The molecule has 2 rings (SSSR count). The van der Waals surface area contributed by atoms with Gasteiger partial charge in [0.1, 0.15) is 4.87 Å². The highest BCUT2D eigenvalue weighted by atomic mass is 35.5. The van der Waals surface area contributed by atoms with E-state index in [1.807, 2.05) is 0 Å². The molecule has 2 aliphatic carbocycles. The van der Waals surface area contributed by atoms with Crippen LogP contribution in [0.4, 0.5) is 0 Å². The van der Waals surface area contributed by atoms with E-state index in [1.165, 1.54) is 0 Å². The second kappa shape index (κ2) is 3.63. The summed E-state index contributed by atoms with van der Waals surface area (Å²) in [4.78, 5) is 4.32. The summed E-state index contributed by atoms with van der Waals surface area (Å²) in [6.45, 7) is 0. The van der Waals surface area contributed by atoms with E-state index < -0.39 is 30.4 Å². The Morgan fingerprint density at radius 1 is 1.06 bits per heavy atom. The Balaban J connectivity index is 2.80. The number of hydrogen-bond donors (Lipinski definition) is 0. The standard InChI is InChI=1S/C7H2Cl7NO2/c8-2-3(9)6(12)5(11,15(16)17)1-4(2,10)7(6,13)14/h1H2/t4-,5+,6-/m0/s1. The van der Waals surface area contributed by atoms with Crippen molar-refractivity contribution in [2.24, 2.45) is 0 Å². The Bertz CT molecular complexity index is 465. The minimum absolute atomic E-state index is 0.112. The summed E-state index contributed by atoms with van der Waals surface area (Å²) in [5, 5.41) is 10.7. The molecule has 0 spiro atoms. The average Bonchev–Trinajstić information content (AvgIpc) is 2.39. The third kappa shape index (κ3) is 1.25. The molecule has 0 saturated heterocycles. The van der Waals surface area contributed by atoms with Crippen molar-refractivity contribution in [1.82, 2.24) is 0 Å². The summed E-state index contributed by atoms with van der Waals surface area (Å²) in [6.07, 6.45) is -0.429. The minimum Gasteiger partial charge on any atom is -0.263 e. The lowest BCUT2D eigenvalue weighted by atomic mass is 10.00. The van der Waals surface area contributed by atoms with E-state index in [1.54, 1.807) is 0 Å². The van der Waals surface area contributed by atoms with Crippen molar-refractivity contribution in [1.29, 1.82) is 0 Å². The Hall–Kier alpha value is 1.17. The van der Waals surface area contributed by atoms with Gasteiger partial charge >= 0.3 is 5.00 Å². The molecule has 0 radical (unpaired) electrons. The van der Waals surface area contributed by atoms with Gasteiger partial charge in [-0.1, -0.05) is 46.4 Å². The van der Waals surface area contributed by atoms with Crippen molar-refractivity contribution in [3.8, 4) is 0 Å². The highest BCUT2D eigenvalue weighted by Crippen LogP contribution is 2.76. The molecule has 10 heteroatoms. The monoisotopic (exact) mass is 377 g/mol. The molecule has 3 nitrogen and oxygen atoms in total. The molecule has 0 amide bonds. The summed E-state index contributed by atoms with van der Waals surface area (Å²) < 4.78 is -1.98. The molecule has 1 saturated carbocycles. The lowest BCUT2D eigenvalue weighted by Crippen LogP contribution is -2.54. The zero-order chi connectivity index (χ0) is 13.4. The van der Waals surface area contributed by atoms with Crippen molar-refractivity contribution < 1.29 is 4.92 Å². The van der Waals surface area contributed by atoms with E-state index in [4.69, 9.17) is 81.2 Å². The van der Waals surface area contributed by atoms with Gasteiger partial charge in [0.15, 0.2) is 4.33 Å². The van der Waals surface area contributed by atoms with E-state index >= 15 is 0 Å². The van der Waals surface area contributed by atoms with Crippen LogP contribution in [0.15, 0.2) is 10.1 Å². The zero-order valence-electron chi connectivity index (χ0n) is 7.62. The second-order valence-electron chi connectivity index (χ2n) is 3.86. The largest absolute Gasteiger partial charge is 0.324 e. The number of nitro groups is 1. The first kappa shape index (κ1) is 14.6. The number of rotatable bonds is 1. The van der Waals surface area contributed by atoms with Gasteiger partial charge in [0.25, 0.3) is 0 Å². The number of allylic oxidation sites excluding steroid dienone is 1. The van der Waals surface area contributed by atoms with Gasteiger partial charge in [0.05, 0.1) is 16.5 Å². The van der Waals surface area contributed by atoms with Crippen LogP contribution >= 0.6 is 81.2 Å². The topological polar surface area (TPSA) is 43.1 Å². The zero-order valence-corrected chi connectivity index (χ0v) is 12.9. The lowest BCUT2D eigenvalue weighted by Gasteiger charge is -2.32. The van der Waals surface area contributed by atoms with Gasteiger partial charge in [0, 0.05) is 4.92 Å². The maximum atomic E-state index is 11.1. The fourth-order valence-electron chi connectivity index (χ4n) is 2.11. The number of nitrogens with zero attached hydrogens (tertiary/aromatic N) is 1. The van der Waals surface area contributed by atoms with Crippen LogP contribution < -0.4 is 0 Å². The van der Waals surface area contributed by atoms with E-state index in [0.29, 0.717) is 0 Å². The quantitative estimate of drug-likeness (QED) is 0.292. The molecule has 0 aliphatic heterocycles. The molecule has 0 aromatic carbocycles. The molecular weight excluding hydrogens is 378 g/mol. The highest BCUT2D eigenvalue weighted by Gasteiger charge is 2.89. The van der Waals surface area contributed by atoms with Crippen LogP contribution in [0.5, 0.6) is 0 Å². The summed E-state index contributed by atoms with van der Waals surface area (Å²) in [6, 6.07) is 0. The van der Waals surface area contributed by atoms with Crippen LogP contribution in [0.1, 0.15) is 6.42 Å². The molecule has 17 heavy (non-hydrogen) atoms. The van der Waals surface area contributed by atoms with Crippen LogP contribution in [-0.2, 0) is 0 Å². The highest BCUT2D eigenvalue weighted by molar-refractivity contribution is 6.67. The smallest absolute Gasteiger partial charge is 0.263 e.